The van der Waals surface area contributed by atoms with Gasteiger partial charge in [0.15, 0.2) is 0 Å². The van der Waals surface area contributed by atoms with Crippen LogP contribution in [0.1, 0.15) is 25.8 Å². The molecule has 0 aromatic heterocycles. The van der Waals surface area contributed by atoms with Crippen LogP contribution in [0.4, 0.5) is 11.4 Å². The lowest BCUT2D eigenvalue weighted by Crippen LogP contribution is -2.26. The van der Waals surface area contributed by atoms with Crippen molar-refractivity contribution in [3.8, 4) is 0 Å². The Morgan fingerprint density at radius 3 is 2.61 bits per heavy atom. The molecule has 0 saturated heterocycles. The van der Waals surface area contributed by atoms with Crippen LogP contribution in [0.3, 0.4) is 0 Å². The first kappa shape index (κ1) is 14.4. The van der Waals surface area contributed by atoms with Gasteiger partial charge in [0.25, 0.3) is 5.69 Å². The zero-order valence-corrected chi connectivity index (χ0v) is 11.0. The molecule has 0 spiro atoms. The fraction of sp³-hybridized carbons (Fsp3) is 0.538. The van der Waals surface area contributed by atoms with Gasteiger partial charge >= 0.3 is 0 Å². The molecule has 0 heterocycles. The van der Waals surface area contributed by atoms with E-state index < -0.39 is 0 Å². The Balaban J connectivity index is 2.95. The average Bonchev–Trinajstić information content (AvgIpc) is 2.27. The third-order valence-electron chi connectivity index (χ3n) is 2.76. The molecule has 1 atom stereocenters. The Morgan fingerprint density at radius 2 is 2.11 bits per heavy atom. The zero-order valence-electron chi connectivity index (χ0n) is 11.0. The van der Waals surface area contributed by atoms with E-state index in [1.54, 1.807) is 25.1 Å². The van der Waals surface area contributed by atoms with Gasteiger partial charge in [-0.3, -0.25) is 10.1 Å². The van der Waals surface area contributed by atoms with Crippen LogP contribution in [0.2, 0.25) is 0 Å². The highest BCUT2D eigenvalue weighted by atomic mass is 16.6. The molecule has 1 unspecified atom stereocenters. The van der Waals surface area contributed by atoms with Gasteiger partial charge in [0.05, 0.1) is 11.5 Å². The predicted molar refractivity (Wildman–Crippen MR) is 71.8 cm³/mol. The van der Waals surface area contributed by atoms with Crippen molar-refractivity contribution in [2.45, 2.75) is 33.2 Å². The molecule has 0 saturated carbocycles. The maximum Gasteiger partial charge on any atom is 0.295 e. The Bertz CT molecular complexity index is 419. The SMILES string of the molecule is Cc1cccc(NC(CO)CC(C)C)c1[N+](=O)[O-]. The maximum atomic E-state index is 11.0. The van der Waals surface area contributed by atoms with E-state index in [0.29, 0.717) is 17.2 Å². The summed E-state index contributed by atoms with van der Waals surface area (Å²) in [5.74, 6) is 0.415. The molecule has 0 aliphatic heterocycles. The number of hydrogen-bond donors (Lipinski definition) is 2. The Labute approximate surface area is 107 Å². The highest BCUT2D eigenvalue weighted by Crippen LogP contribution is 2.29. The molecule has 0 amide bonds. The molecule has 0 aliphatic carbocycles. The van der Waals surface area contributed by atoms with E-state index in [1.807, 2.05) is 0 Å². The van der Waals surface area contributed by atoms with Crippen molar-refractivity contribution in [3.05, 3.63) is 33.9 Å². The molecule has 1 aromatic carbocycles. The molecule has 0 bridgehead atoms. The molecule has 100 valence electrons. The van der Waals surface area contributed by atoms with Crippen LogP contribution in [-0.2, 0) is 0 Å². The molecule has 5 nitrogen and oxygen atoms in total. The third-order valence-corrected chi connectivity index (χ3v) is 2.76. The summed E-state index contributed by atoms with van der Waals surface area (Å²) in [6, 6.07) is 4.99. The fourth-order valence-corrected chi connectivity index (χ4v) is 1.99. The first-order valence-electron chi connectivity index (χ1n) is 6.07. The Hall–Kier alpha value is -1.62. The molecule has 0 radical (unpaired) electrons. The van der Waals surface area contributed by atoms with Crippen molar-refractivity contribution in [3.63, 3.8) is 0 Å². The number of nitrogens with zero attached hydrogens (tertiary/aromatic N) is 1. The number of anilines is 1. The molecule has 0 aliphatic rings. The second kappa shape index (κ2) is 6.35. The van der Waals surface area contributed by atoms with Gasteiger partial charge in [0, 0.05) is 11.6 Å². The smallest absolute Gasteiger partial charge is 0.295 e. The van der Waals surface area contributed by atoms with Gasteiger partial charge in [0.2, 0.25) is 0 Å². The van der Waals surface area contributed by atoms with E-state index in [1.165, 1.54) is 0 Å². The summed E-state index contributed by atoms with van der Waals surface area (Å²) in [6.45, 7) is 5.77. The molecule has 18 heavy (non-hydrogen) atoms. The zero-order chi connectivity index (χ0) is 13.7. The van der Waals surface area contributed by atoms with E-state index in [-0.39, 0.29) is 23.3 Å². The molecule has 5 heteroatoms. The lowest BCUT2D eigenvalue weighted by atomic mass is 10.0. The van der Waals surface area contributed by atoms with E-state index in [0.717, 1.165) is 6.42 Å². The summed E-state index contributed by atoms with van der Waals surface area (Å²) in [5, 5.41) is 23.4. The summed E-state index contributed by atoms with van der Waals surface area (Å²) in [4.78, 5) is 10.7. The Morgan fingerprint density at radius 1 is 1.44 bits per heavy atom. The van der Waals surface area contributed by atoms with Gasteiger partial charge in [-0.2, -0.15) is 0 Å². The number of aliphatic hydroxyl groups excluding tert-OH is 1. The van der Waals surface area contributed by atoms with Gasteiger partial charge in [-0.1, -0.05) is 26.0 Å². The van der Waals surface area contributed by atoms with Crippen LogP contribution in [0.25, 0.3) is 0 Å². The van der Waals surface area contributed by atoms with Crippen molar-refractivity contribution < 1.29 is 10.0 Å². The predicted octanol–water partition coefficient (Wildman–Crippen LogP) is 2.72. The third kappa shape index (κ3) is 3.70. The van der Waals surface area contributed by atoms with Crippen LogP contribution >= 0.6 is 0 Å². The van der Waals surface area contributed by atoms with Crippen LogP contribution < -0.4 is 5.32 Å². The minimum Gasteiger partial charge on any atom is -0.394 e. The lowest BCUT2D eigenvalue weighted by Gasteiger charge is -2.19. The highest BCUT2D eigenvalue weighted by Gasteiger charge is 2.19. The van der Waals surface area contributed by atoms with Gasteiger partial charge in [-0.05, 0) is 25.3 Å². The minimum absolute atomic E-state index is 0.0384. The number of rotatable bonds is 6. The molecule has 1 rings (SSSR count). The van der Waals surface area contributed by atoms with Crippen molar-refractivity contribution >= 4 is 11.4 Å². The van der Waals surface area contributed by atoms with Gasteiger partial charge in [-0.25, -0.2) is 0 Å². The van der Waals surface area contributed by atoms with Crippen LogP contribution in [0.5, 0.6) is 0 Å². The molecule has 2 N–H and O–H groups in total. The highest BCUT2D eigenvalue weighted by molar-refractivity contribution is 5.65. The summed E-state index contributed by atoms with van der Waals surface area (Å²) in [7, 11) is 0. The van der Waals surface area contributed by atoms with Crippen LogP contribution in [-0.4, -0.2) is 22.7 Å². The maximum absolute atomic E-state index is 11.0. The largest absolute Gasteiger partial charge is 0.394 e. The molecular formula is C13H20N2O3. The van der Waals surface area contributed by atoms with Crippen molar-refractivity contribution in [1.29, 1.82) is 0 Å². The second-order valence-electron chi connectivity index (χ2n) is 4.88. The van der Waals surface area contributed by atoms with Crippen molar-refractivity contribution in [2.75, 3.05) is 11.9 Å². The lowest BCUT2D eigenvalue weighted by molar-refractivity contribution is -0.384. The summed E-state index contributed by atoms with van der Waals surface area (Å²) in [5.41, 5.74) is 1.17. The summed E-state index contributed by atoms with van der Waals surface area (Å²) < 4.78 is 0. The minimum atomic E-state index is -0.387. The number of para-hydroxylation sites is 1. The number of benzene rings is 1. The van der Waals surface area contributed by atoms with E-state index >= 15 is 0 Å². The number of aryl methyl sites for hydroxylation is 1. The number of aliphatic hydroxyl groups is 1. The number of nitro benzene ring substituents is 1. The Kier molecular flexibility index (Phi) is 5.09. The molecular weight excluding hydrogens is 232 g/mol. The average molecular weight is 252 g/mol. The van der Waals surface area contributed by atoms with E-state index in [9.17, 15) is 15.2 Å². The first-order chi connectivity index (χ1) is 8.45. The first-order valence-corrected chi connectivity index (χ1v) is 6.07. The number of nitrogens with one attached hydrogen (secondary N) is 1. The van der Waals surface area contributed by atoms with Crippen molar-refractivity contribution in [2.24, 2.45) is 5.92 Å². The van der Waals surface area contributed by atoms with Crippen molar-refractivity contribution in [1.82, 2.24) is 0 Å². The fourth-order valence-electron chi connectivity index (χ4n) is 1.99. The van der Waals surface area contributed by atoms with Crippen LogP contribution in [0.15, 0.2) is 18.2 Å². The monoisotopic (exact) mass is 252 g/mol. The van der Waals surface area contributed by atoms with Crippen LogP contribution in [0, 0.1) is 23.0 Å². The molecule has 0 fully saturated rings. The quantitative estimate of drug-likeness (QED) is 0.603. The topological polar surface area (TPSA) is 75.4 Å². The standard InChI is InChI=1S/C13H20N2O3/c1-9(2)7-11(8-16)14-12-6-4-5-10(3)13(12)15(17)18/h4-6,9,11,14,16H,7-8H2,1-3H3. The van der Waals surface area contributed by atoms with Gasteiger partial charge in [-0.15, -0.1) is 0 Å². The molecule has 1 aromatic rings. The van der Waals surface area contributed by atoms with Gasteiger partial charge in [0.1, 0.15) is 5.69 Å². The number of nitro groups is 1. The summed E-state index contributed by atoms with van der Waals surface area (Å²) >= 11 is 0. The van der Waals surface area contributed by atoms with E-state index in [2.05, 4.69) is 19.2 Å². The normalized spacial score (nSPS) is 12.5. The van der Waals surface area contributed by atoms with E-state index in [4.69, 9.17) is 0 Å². The number of hydrogen-bond acceptors (Lipinski definition) is 4. The second-order valence-corrected chi connectivity index (χ2v) is 4.88. The summed E-state index contributed by atoms with van der Waals surface area (Å²) in [6.07, 6.45) is 0.765. The van der Waals surface area contributed by atoms with Gasteiger partial charge < -0.3 is 10.4 Å².